The van der Waals surface area contributed by atoms with Gasteiger partial charge >= 0.3 is 12.1 Å². The van der Waals surface area contributed by atoms with Gasteiger partial charge in [-0.3, -0.25) is 9.59 Å². The van der Waals surface area contributed by atoms with Crippen LogP contribution in [0.5, 0.6) is 11.5 Å². The highest BCUT2D eigenvalue weighted by atomic mass is 35.5. The summed E-state index contributed by atoms with van der Waals surface area (Å²) >= 11 is 12.1. The molecule has 0 aliphatic heterocycles. The minimum Gasteiger partial charge on any atom is -0.491 e. The molecule has 0 aliphatic carbocycles. The van der Waals surface area contributed by atoms with Gasteiger partial charge in [-0.1, -0.05) is 74.2 Å². The number of amides is 6. The average molecular weight is 1350 g/mol. The van der Waals surface area contributed by atoms with Crippen molar-refractivity contribution in [1.82, 2.24) is 41.9 Å². The molecule has 0 fully saturated rings. The summed E-state index contributed by atoms with van der Waals surface area (Å²) in [6.07, 6.45) is 9.19. The smallest absolute Gasteiger partial charge is 0.314 e. The number of aryl methyl sites for hydroxylation is 2. The second-order valence-corrected chi connectivity index (χ2v) is 24.4. The van der Waals surface area contributed by atoms with Gasteiger partial charge in [0.2, 0.25) is 0 Å². The number of hydrogen-bond donors (Lipinski definition) is 9. The number of carbonyl (C=O) groups is 4. The lowest BCUT2D eigenvalue weighted by Crippen LogP contribution is -2.54. The number of ether oxygens (including phenoxy) is 8. The number of benzene rings is 3. The van der Waals surface area contributed by atoms with E-state index in [1.54, 1.807) is 18.2 Å². The molecule has 0 saturated heterocycles. The summed E-state index contributed by atoms with van der Waals surface area (Å²) in [5.74, 6) is 0.922. The van der Waals surface area contributed by atoms with Crippen molar-refractivity contribution in [3.05, 3.63) is 99.3 Å². The molecule has 6 amide bonds. The fourth-order valence-corrected chi connectivity index (χ4v) is 10.3. The number of unbranched alkanes of at least 4 members (excludes halogenated alkanes) is 1. The Morgan fingerprint density at radius 3 is 1.29 bits per heavy atom. The first-order valence-corrected chi connectivity index (χ1v) is 33.4. The lowest BCUT2D eigenvalue weighted by molar-refractivity contribution is -0.914. The van der Waals surface area contributed by atoms with Crippen LogP contribution in [0.4, 0.5) is 26.9 Å². The number of nitrogen functional groups attached to an aromatic ring is 3. The molecule has 0 spiro atoms. The SMILES string of the molecule is CCC[C@@H](CNC(=O)c1ccc(N)c(Cl)c1)[N+](C)(C)CCCc1ccc(OCCOCCOCCOCCNC(=O)NCCCCNC(=O)NCCOCCOCCOCCOc2ccc(CCC[N+](C)(C)[C@@H](CCC)CNC(=O)c3nc(Cl)c(N)nc3N)cc2)cc1. The first-order valence-electron chi connectivity index (χ1n) is 32.6. The molecule has 1 aromatic heterocycles. The van der Waals surface area contributed by atoms with Crippen LogP contribution in [0, 0.1) is 0 Å². The maximum atomic E-state index is 12.9. The van der Waals surface area contributed by atoms with E-state index in [-0.39, 0.29) is 52.5 Å². The summed E-state index contributed by atoms with van der Waals surface area (Å²) in [7, 11) is 8.84. The highest BCUT2D eigenvalue weighted by Gasteiger charge is 2.30. The Labute approximate surface area is 561 Å². The van der Waals surface area contributed by atoms with Crippen LogP contribution in [-0.4, -0.2) is 228 Å². The summed E-state index contributed by atoms with van der Waals surface area (Å²) in [6, 6.07) is 21.2. The number of halogens is 2. The lowest BCUT2D eigenvalue weighted by Gasteiger charge is -2.38. The molecule has 0 aliphatic rings. The molecule has 0 unspecified atom stereocenters. The molecule has 4 aromatic rings. The lowest BCUT2D eigenvalue weighted by atomic mass is 10.1. The summed E-state index contributed by atoms with van der Waals surface area (Å²) in [5.41, 5.74) is 20.7. The fraction of sp³-hybridized carbons (Fsp3) is 0.606. The van der Waals surface area contributed by atoms with Crippen molar-refractivity contribution >= 4 is 64.4 Å². The van der Waals surface area contributed by atoms with Crippen molar-refractivity contribution in [1.29, 1.82) is 0 Å². The Hall–Kier alpha value is -6.52. The van der Waals surface area contributed by atoms with Crippen LogP contribution in [0.2, 0.25) is 10.2 Å². The highest BCUT2D eigenvalue weighted by molar-refractivity contribution is 6.33. The van der Waals surface area contributed by atoms with Crippen molar-refractivity contribution in [2.75, 3.05) is 190 Å². The highest BCUT2D eigenvalue weighted by Crippen LogP contribution is 2.23. The molecule has 0 saturated carbocycles. The summed E-state index contributed by atoms with van der Waals surface area (Å²) in [4.78, 5) is 57.9. The van der Waals surface area contributed by atoms with Gasteiger partial charge in [0.25, 0.3) is 11.8 Å². The zero-order valence-corrected chi connectivity index (χ0v) is 57.3. The number of nitrogens with two attached hydrogens (primary N) is 3. The second kappa shape index (κ2) is 45.7. The van der Waals surface area contributed by atoms with E-state index >= 15 is 0 Å². The Balaban J connectivity index is 0.852. The zero-order valence-electron chi connectivity index (χ0n) is 55.8. The van der Waals surface area contributed by atoms with Crippen LogP contribution < -0.4 is 58.6 Å². The van der Waals surface area contributed by atoms with Crippen molar-refractivity contribution in [3.63, 3.8) is 0 Å². The molecule has 93 heavy (non-hydrogen) atoms. The Morgan fingerprint density at radius 2 is 0.871 bits per heavy atom. The molecule has 520 valence electrons. The molecule has 27 heteroatoms. The zero-order chi connectivity index (χ0) is 67.5. The monoisotopic (exact) mass is 1340 g/mol. The number of nitrogens with zero attached hydrogens (tertiary/aromatic N) is 4. The van der Waals surface area contributed by atoms with Gasteiger partial charge in [0, 0.05) is 57.4 Å². The molecular weight excluding hydrogens is 1240 g/mol. The van der Waals surface area contributed by atoms with Gasteiger partial charge < -0.3 is 96.0 Å². The Bertz CT molecular complexity index is 2760. The Morgan fingerprint density at radius 1 is 0.473 bits per heavy atom. The quantitative estimate of drug-likeness (QED) is 0.0126. The van der Waals surface area contributed by atoms with Gasteiger partial charge in [-0.15, -0.1) is 0 Å². The number of rotatable bonds is 51. The minimum atomic E-state index is -0.430. The van der Waals surface area contributed by atoms with E-state index in [1.807, 2.05) is 24.3 Å². The fourth-order valence-electron chi connectivity index (χ4n) is 9.97. The summed E-state index contributed by atoms with van der Waals surface area (Å²) in [6.45, 7) is 14.7. The van der Waals surface area contributed by atoms with Crippen LogP contribution >= 0.6 is 23.2 Å². The van der Waals surface area contributed by atoms with Gasteiger partial charge in [-0.05, 0) is 79.3 Å². The van der Waals surface area contributed by atoms with Gasteiger partial charge in [0.05, 0.1) is 144 Å². The van der Waals surface area contributed by atoms with Crippen molar-refractivity contribution < 1.29 is 66.0 Å². The van der Waals surface area contributed by atoms with E-state index in [1.165, 1.54) is 11.1 Å². The predicted octanol–water partition coefficient (Wildman–Crippen LogP) is 6.68. The standard InChI is InChI=1S/C66H105Cl2N13O12/c1-7-13-53(48-76-63(82)52-21-26-58(69)57(67)47-52)80(3,4)31-11-15-50-17-22-55(23-18-50)92-45-43-90-41-39-88-37-35-86-33-29-74-65(84)72-27-9-10-28-73-66(85)75-30-34-87-36-38-89-40-42-91-44-46-93-56-24-19-51(20-25-56)16-12-32-81(5,6)54(14-8-2)49-77-64(83)59-61(70)79-62(71)60(68)78-59/h17-26,47,53-54H,7-16,27-46,48-49H2,1-6H3,(H10-2,69,70,71,72,73,74,75,76,77,79,82,83,84,85)/p+2/t53-,54-/m0/s1. The van der Waals surface area contributed by atoms with Crippen molar-refractivity contribution in [2.24, 2.45) is 0 Å². The third-order valence-corrected chi connectivity index (χ3v) is 16.2. The number of hydrogen-bond acceptors (Lipinski definition) is 17. The van der Waals surface area contributed by atoms with Gasteiger partial charge in [-0.2, -0.15) is 0 Å². The van der Waals surface area contributed by atoms with Crippen LogP contribution in [-0.2, 0) is 41.3 Å². The molecule has 0 radical (unpaired) electrons. The van der Waals surface area contributed by atoms with E-state index in [9.17, 15) is 19.2 Å². The maximum absolute atomic E-state index is 12.9. The minimum absolute atomic E-state index is 0.0163. The molecular formula is C66H107Cl2N13O12+2. The molecule has 2 atom stereocenters. The first kappa shape index (κ1) is 78.9. The average Bonchev–Trinajstić information content (AvgIpc) is 3.16. The van der Waals surface area contributed by atoms with Crippen LogP contribution in [0.15, 0.2) is 66.7 Å². The first-order chi connectivity index (χ1) is 44.8. The largest absolute Gasteiger partial charge is 0.491 e. The van der Waals surface area contributed by atoms with Crippen LogP contribution in [0.1, 0.15) is 97.2 Å². The molecule has 12 N–H and O–H groups in total. The van der Waals surface area contributed by atoms with Gasteiger partial charge in [0.1, 0.15) is 36.8 Å². The van der Waals surface area contributed by atoms with Gasteiger partial charge in [0.15, 0.2) is 22.5 Å². The topological polar surface area (TPSA) is 318 Å². The number of quaternary nitrogens is 2. The normalized spacial score (nSPS) is 12.2. The molecule has 1 heterocycles. The molecule has 4 rings (SSSR count). The molecule has 3 aromatic carbocycles. The number of anilines is 3. The predicted molar refractivity (Wildman–Crippen MR) is 365 cm³/mol. The third-order valence-electron chi connectivity index (χ3n) is 15.6. The summed E-state index contributed by atoms with van der Waals surface area (Å²) < 4.78 is 46.8. The Kier molecular flexibility index (Phi) is 38.8. The number of urea groups is 2. The second-order valence-electron chi connectivity index (χ2n) is 23.6. The third kappa shape index (κ3) is 33.4. The van der Waals surface area contributed by atoms with E-state index in [0.717, 1.165) is 84.9 Å². The molecule has 0 bridgehead atoms. The summed E-state index contributed by atoms with van der Waals surface area (Å²) in [5, 5.41) is 17.5. The van der Waals surface area contributed by atoms with Crippen molar-refractivity contribution in [3.8, 4) is 11.5 Å². The number of carbonyl (C=O) groups excluding carboxylic acids is 4. The van der Waals surface area contributed by atoms with E-state index in [0.29, 0.717) is 161 Å². The van der Waals surface area contributed by atoms with Crippen LogP contribution in [0.25, 0.3) is 0 Å². The molecule has 25 nitrogen and oxygen atoms in total. The number of nitrogens with one attached hydrogen (secondary N) is 6. The number of aromatic nitrogens is 2. The van der Waals surface area contributed by atoms with Crippen LogP contribution in [0.3, 0.4) is 0 Å². The van der Waals surface area contributed by atoms with E-state index in [2.05, 4.69) is 108 Å². The maximum Gasteiger partial charge on any atom is 0.314 e. The van der Waals surface area contributed by atoms with E-state index < -0.39 is 5.91 Å². The van der Waals surface area contributed by atoms with E-state index in [4.69, 9.17) is 78.3 Å². The van der Waals surface area contributed by atoms with Crippen molar-refractivity contribution in [2.45, 2.75) is 90.1 Å². The van der Waals surface area contributed by atoms with Gasteiger partial charge in [-0.25, -0.2) is 19.6 Å². The number of likely N-dealkylation sites (N-methyl/N-ethyl adjacent to an activating group) is 2.